The highest BCUT2D eigenvalue weighted by Crippen LogP contribution is 2.41. The fourth-order valence-corrected chi connectivity index (χ4v) is 3.06. The molecule has 1 aromatic heterocycles. The van der Waals surface area contributed by atoms with Crippen molar-refractivity contribution in [2.75, 3.05) is 6.61 Å². The normalized spacial score (nSPS) is 25.4. The van der Waals surface area contributed by atoms with Crippen LogP contribution in [0.25, 0.3) is 0 Å². The molecule has 0 aromatic carbocycles. The lowest BCUT2D eigenvalue weighted by Crippen LogP contribution is -2.11. The van der Waals surface area contributed by atoms with Gasteiger partial charge in [-0.2, -0.15) is 0 Å². The third kappa shape index (κ3) is 2.07. The summed E-state index contributed by atoms with van der Waals surface area (Å²) in [6, 6.07) is 0.160. The molecule has 94 valence electrons. The maximum absolute atomic E-state index is 11.4. The molecule has 2 heterocycles. The Labute approximate surface area is 103 Å². The molecule has 0 N–H and O–H groups in total. The van der Waals surface area contributed by atoms with E-state index in [0.29, 0.717) is 12.4 Å². The van der Waals surface area contributed by atoms with Gasteiger partial charge in [0.2, 0.25) is 0 Å². The SMILES string of the molecule is O=S(=O)(Cl)c1nnc(C2CCCO2)n1C1CC1. The van der Waals surface area contributed by atoms with Crippen LogP contribution in [0.2, 0.25) is 0 Å². The van der Waals surface area contributed by atoms with E-state index in [2.05, 4.69) is 10.2 Å². The molecule has 1 unspecified atom stereocenters. The molecule has 3 rings (SSSR count). The largest absolute Gasteiger partial charge is 0.370 e. The second kappa shape index (κ2) is 3.93. The summed E-state index contributed by atoms with van der Waals surface area (Å²) < 4.78 is 30.0. The lowest BCUT2D eigenvalue weighted by Gasteiger charge is -2.11. The van der Waals surface area contributed by atoms with Crippen molar-refractivity contribution in [1.29, 1.82) is 0 Å². The smallest absolute Gasteiger partial charge is 0.296 e. The van der Waals surface area contributed by atoms with Crippen LogP contribution in [0, 0.1) is 0 Å². The maximum atomic E-state index is 11.4. The summed E-state index contributed by atoms with van der Waals surface area (Å²) in [5.74, 6) is 0.601. The Morgan fingerprint density at radius 2 is 2.06 bits per heavy atom. The third-order valence-electron chi connectivity index (χ3n) is 3.04. The minimum absolute atomic E-state index is 0.143. The molecular formula is C9H12ClN3O3S. The van der Waals surface area contributed by atoms with Crippen molar-refractivity contribution in [3.8, 4) is 0 Å². The Kier molecular flexibility index (Phi) is 2.64. The van der Waals surface area contributed by atoms with Crippen molar-refractivity contribution in [1.82, 2.24) is 14.8 Å². The van der Waals surface area contributed by atoms with E-state index in [0.717, 1.165) is 25.7 Å². The topological polar surface area (TPSA) is 74.1 Å². The highest BCUT2D eigenvalue weighted by Gasteiger charge is 2.36. The van der Waals surface area contributed by atoms with Crippen LogP contribution < -0.4 is 0 Å². The van der Waals surface area contributed by atoms with Crippen LogP contribution in [0.4, 0.5) is 0 Å². The highest BCUT2D eigenvalue weighted by molar-refractivity contribution is 8.13. The summed E-state index contributed by atoms with van der Waals surface area (Å²) in [6.07, 6.45) is 3.56. The first-order chi connectivity index (χ1) is 8.07. The second-order valence-corrected chi connectivity index (χ2v) is 6.84. The first-order valence-electron chi connectivity index (χ1n) is 5.58. The minimum Gasteiger partial charge on any atom is -0.370 e. The van der Waals surface area contributed by atoms with Crippen LogP contribution in [0.5, 0.6) is 0 Å². The number of hydrogen-bond acceptors (Lipinski definition) is 5. The predicted octanol–water partition coefficient (Wildman–Crippen LogP) is 1.39. The standard InChI is InChI=1S/C9H12ClN3O3S/c10-17(14,15)9-12-11-8(7-2-1-5-16-7)13(9)6-3-4-6/h6-7H,1-5H2. The van der Waals surface area contributed by atoms with Crippen molar-refractivity contribution in [3.63, 3.8) is 0 Å². The molecule has 2 aliphatic rings. The van der Waals surface area contributed by atoms with E-state index < -0.39 is 9.05 Å². The Bertz CT molecular complexity index is 532. The molecule has 1 aliphatic heterocycles. The van der Waals surface area contributed by atoms with Crippen molar-refractivity contribution >= 4 is 19.7 Å². The molecule has 0 amide bonds. The van der Waals surface area contributed by atoms with E-state index >= 15 is 0 Å². The van der Waals surface area contributed by atoms with E-state index in [1.807, 2.05) is 0 Å². The fourth-order valence-electron chi connectivity index (χ4n) is 2.13. The zero-order valence-electron chi connectivity index (χ0n) is 9.04. The molecule has 2 fully saturated rings. The third-order valence-corrected chi connectivity index (χ3v) is 4.17. The van der Waals surface area contributed by atoms with Gasteiger partial charge < -0.3 is 4.74 Å². The summed E-state index contributed by atoms with van der Waals surface area (Å²) in [5.41, 5.74) is 0. The van der Waals surface area contributed by atoms with Gasteiger partial charge in [0.25, 0.3) is 14.2 Å². The van der Waals surface area contributed by atoms with Crippen LogP contribution in [-0.4, -0.2) is 29.8 Å². The quantitative estimate of drug-likeness (QED) is 0.781. The molecular weight excluding hydrogens is 266 g/mol. The number of rotatable bonds is 3. The Morgan fingerprint density at radius 1 is 1.29 bits per heavy atom. The van der Waals surface area contributed by atoms with E-state index in [-0.39, 0.29) is 17.3 Å². The maximum Gasteiger partial charge on any atom is 0.296 e. The fraction of sp³-hybridized carbons (Fsp3) is 0.778. The summed E-state index contributed by atoms with van der Waals surface area (Å²) in [4.78, 5) is 0. The lowest BCUT2D eigenvalue weighted by atomic mass is 10.2. The molecule has 1 saturated carbocycles. The zero-order chi connectivity index (χ0) is 12.0. The van der Waals surface area contributed by atoms with Gasteiger partial charge in [-0.1, -0.05) is 0 Å². The van der Waals surface area contributed by atoms with Crippen molar-refractivity contribution < 1.29 is 13.2 Å². The van der Waals surface area contributed by atoms with Gasteiger partial charge in [-0.25, -0.2) is 8.42 Å². The second-order valence-electron chi connectivity index (χ2n) is 4.38. The van der Waals surface area contributed by atoms with Crippen LogP contribution in [0.15, 0.2) is 5.16 Å². The molecule has 8 heteroatoms. The number of aromatic nitrogens is 3. The molecule has 1 aromatic rings. The van der Waals surface area contributed by atoms with E-state index in [1.165, 1.54) is 0 Å². The molecule has 17 heavy (non-hydrogen) atoms. The van der Waals surface area contributed by atoms with Crippen molar-refractivity contribution in [2.45, 2.75) is 43.0 Å². The monoisotopic (exact) mass is 277 g/mol. The lowest BCUT2D eigenvalue weighted by molar-refractivity contribution is 0.101. The summed E-state index contributed by atoms with van der Waals surface area (Å²) in [6.45, 7) is 0.686. The van der Waals surface area contributed by atoms with Gasteiger partial charge in [0.05, 0.1) is 0 Å². The highest BCUT2D eigenvalue weighted by atomic mass is 35.7. The molecule has 0 bridgehead atoms. The van der Waals surface area contributed by atoms with Crippen molar-refractivity contribution in [3.05, 3.63) is 5.82 Å². The first-order valence-corrected chi connectivity index (χ1v) is 7.89. The van der Waals surface area contributed by atoms with E-state index in [4.69, 9.17) is 15.4 Å². The van der Waals surface area contributed by atoms with Gasteiger partial charge in [0.1, 0.15) is 6.10 Å². The molecule has 0 radical (unpaired) electrons. The Morgan fingerprint density at radius 3 is 2.59 bits per heavy atom. The van der Waals surface area contributed by atoms with Gasteiger partial charge in [-0.05, 0) is 25.7 Å². The van der Waals surface area contributed by atoms with Crippen molar-refractivity contribution in [2.24, 2.45) is 0 Å². The number of halogens is 1. The minimum atomic E-state index is -3.84. The summed E-state index contributed by atoms with van der Waals surface area (Å²) >= 11 is 0. The van der Waals surface area contributed by atoms with Crippen LogP contribution >= 0.6 is 10.7 Å². The van der Waals surface area contributed by atoms with Gasteiger partial charge in [0.15, 0.2) is 5.82 Å². The van der Waals surface area contributed by atoms with Gasteiger partial charge in [-0.15, -0.1) is 10.2 Å². The molecule has 1 atom stereocenters. The van der Waals surface area contributed by atoms with Crippen LogP contribution in [0.1, 0.15) is 43.7 Å². The van der Waals surface area contributed by atoms with Gasteiger partial charge in [-0.3, -0.25) is 4.57 Å². The predicted molar refractivity (Wildman–Crippen MR) is 59.3 cm³/mol. The Balaban J connectivity index is 2.06. The number of ether oxygens (including phenoxy) is 1. The van der Waals surface area contributed by atoms with E-state index in [1.54, 1.807) is 4.57 Å². The summed E-state index contributed by atoms with van der Waals surface area (Å²) in [7, 11) is 1.52. The van der Waals surface area contributed by atoms with Crippen LogP contribution in [-0.2, 0) is 13.8 Å². The van der Waals surface area contributed by atoms with Gasteiger partial charge in [0, 0.05) is 23.3 Å². The average molecular weight is 278 g/mol. The molecule has 1 saturated heterocycles. The number of nitrogens with zero attached hydrogens (tertiary/aromatic N) is 3. The molecule has 6 nitrogen and oxygen atoms in total. The molecule has 0 spiro atoms. The Hall–Kier alpha value is -0.660. The first kappa shape index (κ1) is 11.4. The van der Waals surface area contributed by atoms with Crippen LogP contribution in [0.3, 0.4) is 0 Å². The van der Waals surface area contributed by atoms with Gasteiger partial charge >= 0.3 is 0 Å². The summed E-state index contributed by atoms with van der Waals surface area (Å²) in [5, 5.41) is 7.51. The van der Waals surface area contributed by atoms with E-state index in [9.17, 15) is 8.42 Å². The molecule has 1 aliphatic carbocycles. The number of hydrogen-bond donors (Lipinski definition) is 0. The zero-order valence-corrected chi connectivity index (χ0v) is 10.6. The average Bonchev–Trinajstić information content (AvgIpc) is 2.81.